The number of amides is 1. The average Bonchev–Trinajstić information content (AvgIpc) is 2.93. The number of hydrogen-bond acceptors (Lipinski definition) is 4. The van der Waals surface area contributed by atoms with E-state index in [4.69, 9.17) is 0 Å². The smallest absolute Gasteiger partial charge is 0.318 e. The first kappa shape index (κ1) is 19.6. The summed E-state index contributed by atoms with van der Waals surface area (Å²) in [5.74, 6) is -0.468. The molecule has 0 fully saturated rings. The number of azo groups is 2. The third kappa shape index (κ3) is 4.09. The van der Waals surface area contributed by atoms with Crippen molar-refractivity contribution in [2.45, 2.75) is 6.92 Å². The minimum atomic E-state index is -0.468. The molecule has 2 aromatic carbocycles. The number of rotatable bonds is 4. The lowest BCUT2D eigenvalue weighted by atomic mass is 10.1. The Morgan fingerprint density at radius 2 is 1.65 bits per heavy atom. The summed E-state index contributed by atoms with van der Waals surface area (Å²) in [7, 11) is 6.23. The largest absolute Gasteiger partial charge is 1.00 e. The fourth-order valence-electron chi connectivity index (χ4n) is 2.48. The highest BCUT2D eigenvalue weighted by molar-refractivity contribution is 6.04. The van der Waals surface area contributed by atoms with Crippen LogP contribution in [0, 0.1) is 6.92 Å². The summed E-state index contributed by atoms with van der Waals surface area (Å²) >= 11 is 0. The lowest BCUT2D eigenvalue weighted by Crippen LogP contribution is -3.00. The Bertz CT molecular complexity index is 926. The summed E-state index contributed by atoms with van der Waals surface area (Å²) in [4.78, 5) is 12.0. The molecule has 2 aromatic rings. The molecule has 1 aliphatic rings. The molecular weight excluding hydrogens is 350 g/mol. The molecule has 0 atom stereocenters. The van der Waals surface area contributed by atoms with E-state index in [0.29, 0.717) is 15.9 Å². The van der Waals surface area contributed by atoms with Crippen LogP contribution in [0.3, 0.4) is 0 Å². The van der Waals surface area contributed by atoms with Crippen LogP contribution in [0.2, 0.25) is 0 Å². The number of nitrogens with zero attached hydrogens (tertiary/aromatic N) is 5. The van der Waals surface area contributed by atoms with E-state index in [-0.39, 0.29) is 18.1 Å². The van der Waals surface area contributed by atoms with E-state index in [0.717, 1.165) is 16.8 Å². The molecule has 0 saturated heterocycles. The molecule has 3 rings (SSSR count). The predicted molar refractivity (Wildman–Crippen MR) is 98.5 cm³/mol. The zero-order valence-electron chi connectivity index (χ0n) is 15.1. The van der Waals surface area contributed by atoms with E-state index in [1.54, 1.807) is 0 Å². The van der Waals surface area contributed by atoms with E-state index in [1.807, 2.05) is 55.5 Å². The van der Waals surface area contributed by atoms with Gasteiger partial charge in [-0.2, -0.15) is 5.11 Å². The Kier molecular flexibility index (Phi) is 5.79. The topological polar surface area (TPSA) is 66.5 Å². The van der Waals surface area contributed by atoms with Crippen LogP contribution in [0.15, 0.2) is 74.7 Å². The minimum Gasteiger partial charge on any atom is -1.00 e. The van der Waals surface area contributed by atoms with Gasteiger partial charge in [0.1, 0.15) is 11.4 Å². The van der Waals surface area contributed by atoms with Crippen LogP contribution in [-0.4, -0.2) is 27.1 Å². The third-order valence-corrected chi connectivity index (χ3v) is 3.94. The van der Waals surface area contributed by atoms with Crippen molar-refractivity contribution in [1.29, 1.82) is 0 Å². The van der Waals surface area contributed by atoms with Crippen LogP contribution >= 0.6 is 0 Å². The molecule has 1 heterocycles. The molecule has 1 aliphatic heterocycles. The molecule has 6 nitrogen and oxygen atoms in total. The number of carbonyl (C=O) groups is 1. The Balaban J connectivity index is 0.00000243. The monoisotopic (exact) mass is 369 g/mol. The van der Waals surface area contributed by atoms with Gasteiger partial charge in [-0.25, -0.2) is 0 Å². The molecular formula is C19H20ClN5O. The lowest BCUT2D eigenvalue weighted by Gasteiger charge is -2.23. The Morgan fingerprint density at radius 1 is 0.923 bits per heavy atom. The maximum atomic E-state index is 12.0. The van der Waals surface area contributed by atoms with Crippen molar-refractivity contribution in [3.8, 4) is 0 Å². The van der Waals surface area contributed by atoms with Crippen LogP contribution < -0.4 is 16.9 Å². The zero-order valence-corrected chi connectivity index (χ0v) is 15.9. The molecule has 26 heavy (non-hydrogen) atoms. The number of halogens is 1. The average molecular weight is 370 g/mol. The first-order chi connectivity index (χ1) is 11.9. The van der Waals surface area contributed by atoms with Gasteiger partial charge in [0.25, 0.3) is 0 Å². The molecule has 0 N–H and O–H groups in total. The molecule has 1 amide bonds. The number of carbonyl (C=O) groups excluding carboxylic acids is 1. The summed E-state index contributed by atoms with van der Waals surface area (Å²) in [5, 5.41) is 16.0. The first-order valence-electron chi connectivity index (χ1n) is 7.96. The van der Waals surface area contributed by atoms with Crippen molar-refractivity contribution in [2.75, 3.05) is 21.1 Å². The van der Waals surface area contributed by atoms with Gasteiger partial charge in [0.2, 0.25) is 0 Å². The normalized spacial score (nSPS) is 14.2. The fourth-order valence-corrected chi connectivity index (χ4v) is 2.48. The van der Waals surface area contributed by atoms with Crippen molar-refractivity contribution in [3.63, 3.8) is 0 Å². The second kappa shape index (κ2) is 7.68. The maximum Gasteiger partial charge on any atom is 0.318 e. The number of hydrogen-bond donors (Lipinski definition) is 0. The zero-order chi connectivity index (χ0) is 18.0. The Hall–Kier alpha value is -2.70. The van der Waals surface area contributed by atoms with Crippen molar-refractivity contribution in [3.05, 3.63) is 65.4 Å². The second-order valence-electron chi connectivity index (χ2n) is 6.75. The molecule has 0 spiro atoms. The first-order valence-corrected chi connectivity index (χ1v) is 7.96. The van der Waals surface area contributed by atoms with Crippen molar-refractivity contribution < 1.29 is 17.2 Å². The van der Waals surface area contributed by atoms with E-state index in [2.05, 4.69) is 41.6 Å². The van der Waals surface area contributed by atoms with Gasteiger partial charge in [-0.15, -0.1) is 15.3 Å². The predicted octanol–water partition coefficient (Wildman–Crippen LogP) is 1.64. The van der Waals surface area contributed by atoms with Crippen LogP contribution in [0.1, 0.15) is 11.1 Å². The third-order valence-electron chi connectivity index (χ3n) is 3.94. The molecule has 0 aromatic heterocycles. The van der Waals surface area contributed by atoms with Crippen LogP contribution in [-0.2, 0) is 4.79 Å². The lowest BCUT2D eigenvalue weighted by molar-refractivity contribution is -0.114. The van der Waals surface area contributed by atoms with Crippen LogP contribution in [0.5, 0.6) is 0 Å². The highest BCUT2D eigenvalue weighted by Crippen LogP contribution is 2.31. The van der Waals surface area contributed by atoms with E-state index in [1.165, 1.54) is 0 Å². The molecule has 0 saturated carbocycles. The van der Waals surface area contributed by atoms with Crippen LogP contribution in [0.4, 0.5) is 11.4 Å². The van der Waals surface area contributed by atoms with Gasteiger partial charge in [-0.1, -0.05) is 30.3 Å². The number of quaternary nitrogens is 1. The van der Waals surface area contributed by atoms with Crippen molar-refractivity contribution in [1.82, 2.24) is 4.48 Å². The second-order valence-corrected chi connectivity index (χ2v) is 6.75. The Morgan fingerprint density at radius 3 is 2.35 bits per heavy atom. The van der Waals surface area contributed by atoms with Gasteiger partial charge in [0.05, 0.1) is 26.8 Å². The van der Waals surface area contributed by atoms with Crippen LogP contribution in [0.25, 0.3) is 5.70 Å². The summed E-state index contributed by atoms with van der Waals surface area (Å²) < 4.78 is 0.671. The SMILES string of the molecule is Cc1ccccc1C1=C(N=Nc2cccc([N+](C)(C)C)c2)C(=O)N=N1.[Cl-]. The molecule has 7 heteroatoms. The quantitative estimate of drug-likeness (QED) is 0.596. The van der Waals surface area contributed by atoms with Crippen molar-refractivity contribution >= 4 is 23.0 Å². The standard InChI is InChI=1S/C19H20N5O.ClH/c1-13-8-5-6-11-16(13)17-18(19(25)23-21-17)22-20-14-9-7-10-15(12-14)24(2,3)4;/h5-12H,1-4H3;1H/q+1;/p-1. The summed E-state index contributed by atoms with van der Waals surface area (Å²) in [6.45, 7) is 1.96. The van der Waals surface area contributed by atoms with Gasteiger partial charge in [-0.3, -0.25) is 9.28 Å². The summed E-state index contributed by atoms with van der Waals surface area (Å²) in [6, 6.07) is 15.4. The van der Waals surface area contributed by atoms with Crippen molar-refractivity contribution in [2.24, 2.45) is 20.5 Å². The van der Waals surface area contributed by atoms with Gasteiger partial charge in [0.15, 0.2) is 5.70 Å². The molecule has 0 aliphatic carbocycles. The molecule has 134 valence electrons. The number of benzene rings is 2. The van der Waals surface area contributed by atoms with E-state index >= 15 is 0 Å². The number of aryl methyl sites for hydroxylation is 1. The Labute approximate surface area is 159 Å². The molecule has 0 unspecified atom stereocenters. The van der Waals surface area contributed by atoms with E-state index in [9.17, 15) is 4.79 Å². The summed E-state index contributed by atoms with van der Waals surface area (Å²) in [5.41, 5.74) is 4.26. The van der Waals surface area contributed by atoms with E-state index < -0.39 is 5.91 Å². The minimum absolute atomic E-state index is 0. The van der Waals surface area contributed by atoms with Gasteiger partial charge in [0, 0.05) is 11.6 Å². The van der Waals surface area contributed by atoms with Gasteiger partial charge < -0.3 is 12.4 Å². The maximum absolute atomic E-state index is 12.0. The van der Waals surface area contributed by atoms with Gasteiger partial charge in [-0.05, 0) is 24.6 Å². The highest BCUT2D eigenvalue weighted by Gasteiger charge is 2.24. The summed E-state index contributed by atoms with van der Waals surface area (Å²) in [6.07, 6.45) is 0. The molecule has 0 bridgehead atoms. The fraction of sp³-hybridized carbons (Fsp3) is 0.211. The van der Waals surface area contributed by atoms with Gasteiger partial charge >= 0.3 is 5.91 Å². The highest BCUT2D eigenvalue weighted by atomic mass is 35.5. The molecule has 0 radical (unpaired) electrons.